The lowest BCUT2D eigenvalue weighted by Crippen LogP contribution is -2.39. The Labute approximate surface area is 129 Å². The Morgan fingerprint density at radius 3 is 3.00 bits per heavy atom. The molecule has 1 fully saturated rings. The normalized spacial score (nSPS) is 19.1. The summed E-state index contributed by atoms with van der Waals surface area (Å²) in [5.74, 6) is 0.688. The maximum atomic E-state index is 12.0. The fourth-order valence-electron chi connectivity index (χ4n) is 2.58. The summed E-state index contributed by atoms with van der Waals surface area (Å²) < 4.78 is 0.910. The van der Waals surface area contributed by atoms with Gasteiger partial charge >= 0.3 is 0 Å². The Hall–Kier alpha value is -0.910. The predicted octanol–water partition coefficient (Wildman–Crippen LogP) is 2.32. The first-order valence-corrected chi connectivity index (χ1v) is 7.88. The van der Waals surface area contributed by atoms with Crippen LogP contribution in [0.4, 0.5) is 5.69 Å². The van der Waals surface area contributed by atoms with E-state index in [0.717, 1.165) is 29.8 Å². The molecular formula is C15H22BrN3O. The van der Waals surface area contributed by atoms with Crippen LogP contribution in [0.2, 0.25) is 0 Å². The third-order valence-electron chi connectivity index (χ3n) is 3.53. The van der Waals surface area contributed by atoms with Crippen LogP contribution in [0.15, 0.2) is 28.7 Å². The van der Waals surface area contributed by atoms with E-state index in [4.69, 9.17) is 0 Å². The Balaban J connectivity index is 1.77. The minimum atomic E-state index is 0.0307. The highest BCUT2D eigenvalue weighted by Crippen LogP contribution is 2.21. The zero-order valence-corrected chi connectivity index (χ0v) is 13.4. The molecule has 1 amide bonds. The lowest BCUT2D eigenvalue weighted by molar-refractivity contribution is -0.117. The average molecular weight is 340 g/mol. The maximum Gasteiger partial charge on any atom is 0.238 e. The summed E-state index contributed by atoms with van der Waals surface area (Å²) in [7, 11) is 2.01. The number of carbonyl (C=O) groups excluding carboxylic acids is 1. The SMILES string of the molecule is CN(CC(=O)Nc1ccccc1Br)CC1CCCNC1. The summed E-state index contributed by atoms with van der Waals surface area (Å²) in [6.07, 6.45) is 2.49. The van der Waals surface area contributed by atoms with Crippen molar-refractivity contribution in [2.45, 2.75) is 12.8 Å². The molecule has 1 aliphatic heterocycles. The van der Waals surface area contributed by atoms with E-state index in [1.807, 2.05) is 31.3 Å². The van der Waals surface area contributed by atoms with Crippen LogP contribution in [0.5, 0.6) is 0 Å². The van der Waals surface area contributed by atoms with E-state index in [2.05, 4.69) is 31.5 Å². The average Bonchev–Trinajstić information content (AvgIpc) is 2.42. The second-order valence-corrected chi connectivity index (χ2v) is 6.29. The molecule has 20 heavy (non-hydrogen) atoms. The minimum absolute atomic E-state index is 0.0307. The predicted molar refractivity (Wildman–Crippen MR) is 85.9 cm³/mol. The number of benzene rings is 1. The number of rotatable bonds is 5. The van der Waals surface area contributed by atoms with Gasteiger partial charge in [-0.1, -0.05) is 12.1 Å². The Kier molecular flexibility index (Phi) is 6.01. The second kappa shape index (κ2) is 7.76. The van der Waals surface area contributed by atoms with Gasteiger partial charge in [-0.25, -0.2) is 0 Å². The lowest BCUT2D eigenvalue weighted by atomic mass is 9.99. The van der Waals surface area contributed by atoms with Crippen LogP contribution in [-0.4, -0.2) is 44.0 Å². The van der Waals surface area contributed by atoms with E-state index >= 15 is 0 Å². The van der Waals surface area contributed by atoms with Gasteiger partial charge in [-0.15, -0.1) is 0 Å². The van der Waals surface area contributed by atoms with Gasteiger partial charge < -0.3 is 10.6 Å². The minimum Gasteiger partial charge on any atom is -0.324 e. The van der Waals surface area contributed by atoms with Gasteiger partial charge in [0.1, 0.15) is 0 Å². The third kappa shape index (κ3) is 4.89. The molecule has 0 aromatic heterocycles. The van der Waals surface area contributed by atoms with Gasteiger partial charge in [0.15, 0.2) is 0 Å². The number of carbonyl (C=O) groups is 1. The van der Waals surface area contributed by atoms with Crippen molar-refractivity contribution in [1.82, 2.24) is 10.2 Å². The van der Waals surface area contributed by atoms with Crippen molar-refractivity contribution in [2.24, 2.45) is 5.92 Å². The largest absolute Gasteiger partial charge is 0.324 e. The van der Waals surface area contributed by atoms with E-state index in [1.54, 1.807) is 0 Å². The van der Waals surface area contributed by atoms with Crippen LogP contribution in [0.25, 0.3) is 0 Å². The molecule has 1 atom stereocenters. The van der Waals surface area contributed by atoms with E-state index in [0.29, 0.717) is 12.5 Å². The third-order valence-corrected chi connectivity index (χ3v) is 4.22. The molecule has 0 radical (unpaired) electrons. The highest BCUT2D eigenvalue weighted by atomic mass is 79.9. The van der Waals surface area contributed by atoms with Crippen molar-refractivity contribution in [2.75, 3.05) is 38.5 Å². The zero-order chi connectivity index (χ0) is 14.4. The molecule has 1 aromatic rings. The summed E-state index contributed by atoms with van der Waals surface area (Å²) in [5.41, 5.74) is 0.824. The second-order valence-electron chi connectivity index (χ2n) is 5.44. The van der Waals surface area contributed by atoms with Crippen LogP contribution in [0, 0.1) is 5.92 Å². The topological polar surface area (TPSA) is 44.4 Å². The van der Waals surface area contributed by atoms with Crippen molar-refractivity contribution >= 4 is 27.5 Å². The molecule has 5 heteroatoms. The number of piperidine rings is 1. The number of halogens is 1. The van der Waals surface area contributed by atoms with Gasteiger partial charge in [0.05, 0.1) is 12.2 Å². The first kappa shape index (κ1) is 15.5. The highest BCUT2D eigenvalue weighted by molar-refractivity contribution is 9.10. The van der Waals surface area contributed by atoms with Gasteiger partial charge in [0.2, 0.25) is 5.91 Å². The monoisotopic (exact) mass is 339 g/mol. The van der Waals surface area contributed by atoms with Crippen molar-refractivity contribution in [1.29, 1.82) is 0 Å². The van der Waals surface area contributed by atoms with Crippen LogP contribution in [0.1, 0.15) is 12.8 Å². The van der Waals surface area contributed by atoms with Crippen LogP contribution >= 0.6 is 15.9 Å². The molecule has 1 aliphatic rings. The van der Waals surface area contributed by atoms with Gasteiger partial charge in [-0.05, 0) is 67.0 Å². The quantitative estimate of drug-likeness (QED) is 0.865. The molecule has 1 unspecified atom stereocenters. The lowest BCUT2D eigenvalue weighted by Gasteiger charge is -2.27. The summed E-state index contributed by atoms with van der Waals surface area (Å²) in [6, 6.07) is 7.67. The molecule has 110 valence electrons. The summed E-state index contributed by atoms with van der Waals surface area (Å²) in [4.78, 5) is 14.1. The zero-order valence-electron chi connectivity index (χ0n) is 11.9. The molecule has 1 saturated heterocycles. The number of anilines is 1. The molecule has 0 aliphatic carbocycles. The summed E-state index contributed by atoms with van der Waals surface area (Å²) in [5, 5.41) is 6.34. The van der Waals surface area contributed by atoms with Gasteiger partial charge in [0.25, 0.3) is 0 Å². The van der Waals surface area contributed by atoms with Crippen LogP contribution < -0.4 is 10.6 Å². The molecule has 0 spiro atoms. The highest BCUT2D eigenvalue weighted by Gasteiger charge is 2.16. The maximum absolute atomic E-state index is 12.0. The molecule has 0 bridgehead atoms. The molecule has 2 rings (SSSR count). The molecule has 0 saturated carbocycles. The number of nitrogens with one attached hydrogen (secondary N) is 2. The van der Waals surface area contributed by atoms with Crippen LogP contribution in [-0.2, 0) is 4.79 Å². The Morgan fingerprint density at radius 1 is 1.50 bits per heavy atom. The van der Waals surface area contributed by atoms with E-state index < -0.39 is 0 Å². The fourth-order valence-corrected chi connectivity index (χ4v) is 2.97. The van der Waals surface area contributed by atoms with E-state index in [9.17, 15) is 4.79 Å². The van der Waals surface area contributed by atoms with Gasteiger partial charge in [0, 0.05) is 11.0 Å². The molecule has 4 nitrogen and oxygen atoms in total. The number of hydrogen-bond donors (Lipinski definition) is 2. The first-order chi connectivity index (χ1) is 9.65. The van der Waals surface area contributed by atoms with E-state index in [-0.39, 0.29) is 5.91 Å². The van der Waals surface area contributed by atoms with Crippen molar-refractivity contribution in [3.05, 3.63) is 28.7 Å². The summed E-state index contributed by atoms with van der Waals surface area (Å²) >= 11 is 3.43. The first-order valence-electron chi connectivity index (χ1n) is 7.09. The van der Waals surface area contributed by atoms with Gasteiger partial charge in [-0.3, -0.25) is 9.69 Å². The van der Waals surface area contributed by atoms with Crippen molar-refractivity contribution in [3.63, 3.8) is 0 Å². The number of para-hydroxylation sites is 1. The Morgan fingerprint density at radius 2 is 2.30 bits per heavy atom. The number of likely N-dealkylation sites (N-methyl/N-ethyl adjacent to an activating group) is 1. The number of nitrogens with zero attached hydrogens (tertiary/aromatic N) is 1. The smallest absolute Gasteiger partial charge is 0.238 e. The molecular weight excluding hydrogens is 318 g/mol. The molecule has 2 N–H and O–H groups in total. The molecule has 1 heterocycles. The molecule has 1 aromatic carbocycles. The summed E-state index contributed by atoms with van der Waals surface area (Å²) in [6.45, 7) is 3.59. The van der Waals surface area contributed by atoms with Crippen molar-refractivity contribution in [3.8, 4) is 0 Å². The van der Waals surface area contributed by atoms with Gasteiger partial charge in [-0.2, -0.15) is 0 Å². The van der Waals surface area contributed by atoms with E-state index in [1.165, 1.54) is 12.8 Å². The number of hydrogen-bond acceptors (Lipinski definition) is 3. The Bertz CT molecular complexity index is 446. The number of amides is 1. The fraction of sp³-hybridized carbons (Fsp3) is 0.533. The van der Waals surface area contributed by atoms with Crippen molar-refractivity contribution < 1.29 is 4.79 Å². The standard InChI is InChI=1S/C15H22BrN3O/c1-19(10-12-5-4-8-17-9-12)11-15(20)18-14-7-3-2-6-13(14)16/h2-3,6-7,12,17H,4-5,8-11H2,1H3,(H,18,20). The van der Waals surface area contributed by atoms with Crippen LogP contribution in [0.3, 0.4) is 0 Å².